The van der Waals surface area contributed by atoms with Gasteiger partial charge in [-0.3, -0.25) is 4.79 Å². The van der Waals surface area contributed by atoms with Gasteiger partial charge in [0.25, 0.3) is 0 Å². The van der Waals surface area contributed by atoms with Crippen molar-refractivity contribution in [1.29, 1.82) is 0 Å². The standard InChI is InChI=1S/C30H30ClFN4O6S/c1-16-10-11-23(32)26(17(16)2)18(3)27(29-34-35-30(38)42-29)36-14-25(37)33-24-13-21(31)12-22(28(24)43(36,39)40)19(4)41-15-20-8-6-5-7-9-20/h5-13,18-19,27H,14-15H2,1-4H3,(H,33,37)(H,35,38)/t18?,19?,27-/m0/s1. The van der Waals surface area contributed by atoms with Crippen LogP contribution in [0.3, 0.4) is 0 Å². The number of aromatic nitrogens is 2. The first-order chi connectivity index (χ1) is 20.4. The molecule has 13 heteroatoms. The fourth-order valence-electron chi connectivity index (χ4n) is 5.44. The van der Waals surface area contributed by atoms with E-state index in [1.54, 1.807) is 33.8 Å². The van der Waals surface area contributed by atoms with E-state index in [4.69, 9.17) is 20.8 Å². The van der Waals surface area contributed by atoms with Crippen molar-refractivity contribution in [3.05, 3.63) is 110 Å². The van der Waals surface area contributed by atoms with Gasteiger partial charge in [0.1, 0.15) is 16.8 Å². The highest BCUT2D eigenvalue weighted by molar-refractivity contribution is 7.89. The van der Waals surface area contributed by atoms with Gasteiger partial charge < -0.3 is 14.5 Å². The zero-order valence-electron chi connectivity index (χ0n) is 23.9. The summed E-state index contributed by atoms with van der Waals surface area (Å²) in [7, 11) is -4.58. The fourth-order valence-corrected chi connectivity index (χ4v) is 7.67. The molecule has 0 saturated heterocycles. The Morgan fingerprint density at radius 1 is 1.12 bits per heavy atom. The number of sulfonamides is 1. The summed E-state index contributed by atoms with van der Waals surface area (Å²) in [6.45, 7) is 6.30. The van der Waals surface area contributed by atoms with E-state index < -0.39 is 52.1 Å². The quantitative estimate of drug-likeness (QED) is 0.262. The van der Waals surface area contributed by atoms with Crippen LogP contribution in [0.15, 0.2) is 68.7 Å². The van der Waals surface area contributed by atoms with Crippen molar-refractivity contribution < 1.29 is 26.8 Å². The molecule has 0 radical (unpaired) electrons. The van der Waals surface area contributed by atoms with E-state index in [2.05, 4.69) is 15.5 Å². The SMILES string of the molecule is Cc1ccc(F)c(C(C)[C@@H](c2n[nH]c(=O)o2)N2CC(=O)Nc3cc(Cl)cc(C(C)OCc4ccccc4)c3S2(=O)=O)c1C. The van der Waals surface area contributed by atoms with Crippen molar-refractivity contribution >= 4 is 33.2 Å². The zero-order chi connectivity index (χ0) is 31.1. The van der Waals surface area contributed by atoms with Gasteiger partial charge in [0.2, 0.25) is 21.8 Å². The molecule has 0 spiro atoms. The molecule has 0 aliphatic carbocycles. The van der Waals surface area contributed by atoms with Crippen molar-refractivity contribution in [2.75, 3.05) is 11.9 Å². The van der Waals surface area contributed by atoms with Gasteiger partial charge in [-0.1, -0.05) is 54.9 Å². The Morgan fingerprint density at radius 2 is 1.84 bits per heavy atom. The molecule has 1 aromatic heterocycles. The second-order valence-corrected chi connectivity index (χ2v) is 12.8. The summed E-state index contributed by atoms with van der Waals surface area (Å²) < 4.78 is 56.9. The Balaban J connectivity index is 1.66. The topological polar surface area (TPSA) is 135 Å². The van der Waals surface area contributed by atoms with E-state index in [0.29, 0.717) is 5.56 Å². The number of rotatable bonds is 8. The molecule has 1 aliphatic heterocycles. The third kappa shape index (κ3) is 6.00. The van der Waals surface area contributed by atoms with Crippen LogP contribution in [0, 0.1) is 19.7 Å². The molecule has 2 unspecified atom stereocenters. The van der Waals surface area contributed by atoms with Gasteiger partial charge in [-0.05, 0) is 61.2 Å². The Hall–Kier alpha value is -3.84. The lowest BCUT2D eigenvalue weighted by Gasteiger charge is -2.33. The molecule has 0 fully saturated rings. The van der Waals surface area contributed by atoms with E-state index >= 15 is 4.39 Å². The normalized spacial score (nSPS) is 17.0. The van der Waals surface area contributed by atoms with Crippen LogP contribution in [-0.2, 0) is 26.2 Å². The maximum absolute atomic E-state index is 15.4. The summed E-state index contributed by atoms with van der Waals surface area (Å²) in [5.74, 6) is -3.45. The third-order valence-electron chi connectivity index (χ3n) is 7.68. The summed E-state index contributed by atoms with van der Waals surface area (Å²) in [5.41, 5.74) is 2.61. The minimum Gasteiger partial charge on any atom is -0.391 e. The number of aryl methyl sites for hydroxylation is 1. The number of halogens is 2. The number of carbonyl (C=O) groups excluding carboxylic acids is 1. The van der Waals surface area contributed by atoms with E-state index in [0.717, 1.165) is 15.4 Å². The Kier molecular flexibility index (Phi) is 8.57. The molecule has 0 bridgehead atoms. The van der Waals surface area contributed by atoms with Crippen molar-refractivity contribution in [2.24, 2.45) is 0 Å². The molecule has 226 valence electrons. The lowest BCUT2D eigenvalue weighted by atomic mass is 9.87. The molecule has 4 aromatic rings. The molecule has 1 amide bonds. The molecule has 10 nitrogen and oxygen atoms in total. The van der Waals surface area contributed by atoms with E-state index in [1.165, 1.54) is 18.2 Å². The number of aromatic amines is 1. The van der Waals surface area contributed by atoms with Crippen LogP contribution in [0.1, 0.15) is 65.6 Å². The maximum atomic E-state index is 15.4. The van der Waals surface area contributed by atoms with Crippen LogP contribution in [0.2, 0.25) is 5.02 Å². The van der Waals surface area contributed by atoms with Gasteiger partial charge in [0, 0.05) is 16.5 Å². The first-order valence-electron chi connectivity index (χ1n) is 13.5. The van der Waals surface area contributed by atoms with Crippen LogP contribution >= 0.6 is 11.6 Å². The van der Waals surface area contributed by atoms with Crippen molar-refractivity contribution in [2.45, 2.75) is 57.3 Å². The van der Waals surface area contributed by atoms with E-state index in [9.17, 15) is 18.0 Å². The summed E-state index contributed by atoms with van der Waals surface area (Å²) in [6.07, 6.45) is -0.782. The number of nitrogens with one attached hydrogen (secondary N) is 2. The summed E-state index contributed by atoms with van der Waals surface area (Å²) in [4.78, 5) is 25.1. The molecule has 43 heavy (non-hydrogen) atoms. The summed E-state index contributed by atoms with van der Waals surface area (Å²) >= 11 is 6.39. The van der Waals surface area contributed by atoms with Gasteiger partial charge in [-0.2, -0.15) is 4.31 Å². The summed E-state index contributed by atoms with van der Waals surface area (Å²) in [6, 6.07) is 13.7. The van der Waals surface area contributed by atoms with Crippen LogP contribution < -0.4 is 11.1 Å². The second-order valence-electron chi connectivity index (χ2n) is 10.5. The average Bonchev–Trinajstić information content (AvgIpc) is 3.35. The number of nitrogens with zero attached hydrogens (tertiary/aromatic N) is 2. The molecule has 0 saturated carbocycles. The lowest BCUT2D eigenvalue weighted by Crippen LogP contribution is -2.41. The molecule has 1 aliphatic rings. The monoisotopic (exact) mass is 628 g/mol. The Morgan fingerprint density at radius 3 is 2.51 bits per heavy atom. The van der Waals surface area contributed by atoms with Gasteiger partial charge in [0.15, 0.2) is 0 Å². The minimum atomic E-state index is -4.58. The second kappa shape index (κ2) is 12.0. The van der Waals surface area contributed by atoms with Crippen LogP contribution in [0.4, 0.5) is 10.1 Å². The number of fused-ring (bicyclic) bond motifs is 1. The highest BCUT2D eigenvalue weighted by Crippen LogP contribution is 2.45. The number of ether oxygens (including phenoxy) is 1. The predicted molar refractivity (Wildman–Crippen MR) is 158 cm³/mol. The molecule has 3 aromatic carbocycles. The summed E-state index contributed by atoms with van der Waals surface area (Å²) in [5, 5.41) is 8.91. The predicted octanol–water partition coefficient (Wildman–Crippen LogP) is 5.54. The first kappa shape index (κ1) is 30.6. The zero-order valence-corrected chi connectivity index (χ0v) is 25.4. The number of anilines is 1. The van der Waals surface area contributed by atoms with E-state index in [1.807, 2.05) is 30.3 Å². The number of hydrogen-bond donors (Lipinski definition) is 2. The Bertz CT molecular complexity index is 1840. The molecule has 5 rings (SSSR count). The van der Waals surface area contributed by atoms with Crippen molar-refractivity contribution in [3.8, 4) is 0 Å². The Labute approximate surface area is 252 Å². The van der Waals surface area contributed by atoms with Gasteiger partial charge >= 0.3 is 5.76 Å². The smallest absolute Gasteiger partial charge is 0.391 e. The van der Waals surface area contributed by atoms with Crippen LogP contribution in [0.5, 0.6) is 0 Å². The number of benzene rings is 3. The van der Waals surface area contributed by atoms with Crippen molar-refractivity contribution in [1.82, 2.24) is 14.5 Å². The third-order valence-corrected chi connectivity index (χ3v) is 9.85. The number of amides is 1. The van der Waals surface area contributed by atoms with Gasteiger partial charge in [-0.25, -0.2) is 22.7 Å². The number of hydrogen-bond acceptors (Lipinski definition) is 7. The van der Waals surface area contributed by atoms with Gasteiger partial charge in [0.05, 0.1) is 24.9 Å². The van der Waals surface area contributed by atoms with Crippen LogP contribution in [0.25, 0.3) is 0 Å². The van der Waals surface area contributed by atoms with Crippen LogP contribution in [-0.4, -0.2) is 35.4 Å². The minimum absolute atomic E-state index is 0.0297. The largest absolute Gasteiger partial charge is 0.434 e. The molecule has 3 atom stereocenters. The molecule has 2 heterocycles. The first-order valence-corrected chi connectivity index (χ1v) is 15.3. The lowest BCUT2D eigenvalue weighted by molar-refractivity contribution is -0.116. The highest BCUT2D eigenvalue weighted by atomic mass is 35.5. The molecule has 2 N–H and O–H groups in total. The maximum Gasteiger partial charge on any atom is 0.434 e. The molecular weight excluding hydrogens is 599 g/mol. The molecular formula is C30H30ClFN4O6S. The fraction of sp³-hybridized carbons (Fsp3) is 0.300. The van der Waals surface area contributed by atoms with E-state index in [-0.39, 0.29) is 39.2 Å². The number of carbonyl (C=O) groups is 1. The van der Waals surface area contributed by atoms with Crippen molar-refractivity contribution in [3.63, 3.8) is 0 Å². The van der Waals surface area contributed by atoms with Gasteiger partial charge in [-0.15, -0.1) is 5.10 Å². The number of H-pyrrole nitrogens is 1. The highest BCUT2D eigenvalue weighted by Gasteiger charge is 2.45. The average molecular weight is 629 g/mol.